The van der Waals surface area contributed by atoms with Gasteiger partial charge in [-0.3, -0.25) is 0 Å². The minimum absolute atomic E-state index is 0.432. The molecule has 3 aromatic carbocycles. The van der Waals surface area contributed by atoms with Gasteiger partial charge in [0.2, 0.25) is 4.77 Å². The van der Waals surface area contributed by atoms with E-state index in [1.54, 1.807) is 10.9 Å². The fourth-order valence-electron chi connectivity index (χ4n) is 2.58. The Kier molecular flexibility index (Phi) is 4.89. The Morgan fingerprint density at radius 1 is 0.889 bits per heavy atom. The van der Waals surface area contributed by atoms with Crippen LogP contribution in [0.4, 0.5) is 0 Å². The SMILES string of the molecule is S=c1[nH]nc(-c2ccccc2)n1N=Cc1cccc(Oc2ccccc2)c1. The number of hydrogen-bond donors (Lipinski definition) is 1. The number of para-hydroxylation sites is 1. The van der Waals surface area contributed by atoms with Crippen molar-refractivity contribution in [2.24, 2.45) is 5.10 Å². The molecule has 0 spiro atoms. The smallest absolute Gasteiger partial charge is 0.216 e. The second-order valence-corrected chi connectivity index (χ2v) is 6.15. The molecule has 0 aliphatic carbocycles. The third kappa shape index (κ3) is 4.02. The van der Waals surface area contributed by atoms with Crippen molar-refractivity contribution in [2.45, 2.75) is 0 Å². The lowest BCUT2D eigenvalue weighted by Gasteiger charge is -2.06. The molecule has 5 nitrogen and oxygen atoms in total. The molecular weight excluding hydrogens is 356 g/mol. The predicted octanol–water partition coefficient (Wildman–Crippen LogP) is 5.28. The summed E-state index contributed by atoms with van der Waals surface area (Å²) in [5.41, 5.74) is 1.83. The van der Waals surface area contributed by atoms with E-state index >= 15 is 0 Å². The van der Waals surface area contributed by atoms with E-state index in [-0.39, 0.29) is 0 Å². The van der Waals surface area contributed by atoms with Crippen molar-refractivity contribution in [3.05, 3.63) is 95.3 Å². The average Bonchev–Trinajstić information content (AvgIpc) is 3.09. The van der Waals surface area contributed by atoms with Gasteiger partial charge in [0.15, 0.2) is 5.82 Å². The lowest BCUT2D eigenvalue weighted by molar-refractivity contribution is 0.482. The summed E-state index contributed by atoms with van der Waals surface area (Å²) < 4.78 is 7.90. The number of nitrogens with one attached hydrogen (secondary N) is 1. The van der Waals surface area contributed by atoms with Gasteiger partial charge in [0.25, 0.3) is 0 Å². The summed E-state index contributed by atoms with van der Waals surface area (Å²) in [6, 6.07) is 27.1. The standard InChI is InChI=1S/C21H16N4OS/c27-21-24-23-20(17-9-3-1-4-10-17)25(21)22-15-16-8-7-13-19(14-16)26-18-11-5-2-6-12-18/h1-15H,(H,24,27). The third-order valence-corrected chi connectivity index (χ3v) is 4.11. The number of rotatable bonds is 5. The highest BCUT2D eigenvalue weighted by Crippen LogP contribution is 2.21. The van der Waals surface area contributed by atoms with Crippen LogP contribution in [0.3, 0.4) is 0 Å². The van der Waals surface area contributed by atoms with Crippen LogP contribution >= 0.6 is 12.2 Å². The van der Waals surface area contributed by atoms with Gasteiger partial charge < -0.3 is 4.74 Å². The number of H-pyrrole nitrogens is 1. The summed E-state index contributed by atoms with van der Waals surface area (Å²) in [7, 11) is 0. The largest absolute Gasteiger partial charge is 0.457 e. The molecule has 0 amide bonds. The summed E-state index contributed by atoms with van der Waals surface area (Å²) in [6.07, 6.45) is 1.73. The Hall–Kier alpha value is -3.51. The molecule has 4 aromatic rings. The molecule has 132 valence electrons. The van der Waals surface area contributed by atoms with Gasteiger partial charge in [0.1, 0.15) is 11.5 Å². The summed E-state index contributed by atoms with van der Waals surface area (Å²) in [4.78, 5) is 0. The van der Waals surface area contributed by atoms with Crippen molar-refractivity contribution in [3.63, 3.8) is 0 Å². The van der Waals surface area contributed by atoms with E-state index in [1.165, 1.54) is 0 Å². The second-order valence-electron chi connectivity index (χ2n) is 5.76. The molecule has 0 fully saturated rings. The Bertz CT molecular complexity index is 1120. The van der Waals surface area contributed by atoms with Crippen LogP contribution in [0.2, 0.25) is 0 Å². The molecule has 0 unspecified atom stereocenters. The molecule has 4 rings (SSSR count). The first-order chi connectivity index (χ1) is 13.3. The van der Waals surface area contributed by atoms with Crippen LogP contribution in [0.1, 0.15) is 5.56 Å². The average molecular weight is 372 g/mol. The summed E-state index contributed by atoms with van der Waals surface area (Å²) in [5.74, 6) is 2.19. The third-order valence-electron chi connectivity index (χ3n) is 3.84. The van der Waals surface area contributed by atoms with Gasteiger partial charge in [-0.1, -0.05) is 60.7 Å². The number of aromatic amines is 1. The van der Waals surface area contributed by atoms with Crippen LogP contribution in [0, 0.1) is 4.77 Å². The molecule has 0 saturated carbocycles. The fraction of sp³-hybridized carbons (Fsp3) is 0. The number of hydrogen-bond acceptors (Lipinski definition) is 4. The molecule has 0 bridgehead atoms. The van der Waals surface area contributed by atoms with Gasteiger partial charge >= 0.3 is 0 Å². The van der Waals surface area contributed by atoms with Crippen LogP contribution in [0.5, 0.6) is 11.5 Å². The second kappa shape index (κ2) is 7.80. The normalized spacial score (nSPS) is 11.0. The van der Waals surface area contributed by atoms with Crippen LogP contribution in [-0.4, -0.2) is 21.1 Å². The van der Waals surface area contributed by atoms with Crippen LogP contribution < -0.4 is 4.74 Å². The first-order valence-corrected chi connectivity index (χ1v) is 8.80. The minimum Gasteiger partial charge on any atom is -0.457 e. The summed E-state index contributed by atoms with van der Waals surface area (Å²) in [5, 5.41) is 11.6. The lowest BCUT2D eigenvalue weighted by Crippen LogP contribution is -1.95. The van der Waals surface area contributed by atoms with Crippen LogP contribution in [-0.2, 0) is 0 Å². The minimum atomic E-state index is 0.432. The Morgan fingerprint density at radius 3 is 2.37 bits per heavy atom. The first-order valence-electron chi connectivity index (χ1n) is 8.40. The van der Waals surface area contributed by atoms with Crippen molar-refractivity contribution < 1.29 is 4.74 Å². The van der Waals surface area contributed by atoms with Crippen molar-refractivity contribution in [2.75, 3.05) is 0 Å². The van der Waals surface area contributed by atoms with Gasteiger partial charge in [-0.15, -0.1) is 0 Å². The van der Waals surface area contributed by atoms with E-state index in [4.69, 9.17) is 17.0 Å². The van der Waals surface area contributed by atoms with Crippen molar-refractivity contribution in [3.8, 4) is 22.9 Å². The molecule has 1 heterocycles. The fourth-order valence-corrected chi connectivity index (χ4v) is 2.76. The number of nitrogens with zero attached hydrogens (tertiary/aromatic N) is 3. The molecule has 1 N–H and O–H groups in total. The van der Waals surface area contributed by atoms with E-state index in [2.05, 4.69) is 15.3 Å². The van der Waals surface area contributed by atoms with Gasteiger partial charge in [-0.2, -0.15) is 14.9 Å². The first kappa shape index (κ1) is 16.9. The Labute approximate surface area is 161 Å². The van der Waals surface area contributed by atoms with E-state index in [9.17, 15) is 0 Å². The van der Waals surface area contributed by atoms with Crippen molar-refractivity contribution >= 4 is 18.4 Å². The highest BCUT2D eigenvalue weighted by Gasteiger charge is 2.07. The highest BCUT2D eigenvalue weighted by molar-refractivity contribution is 7.71. The van der Waals surface area contributed by atoms with E-state index in [0.717, 1.165) is 22.6 Å². The van der Waals surface area contributed by atoms with E-state index < -0.39 is 0 Å². The van der Waals surface area contributed by atoms with Gasteiger partial charge in [0, 0.05) is 5.56 Å². The maximum Gasteiger partial charge on any atom is 0.216 e. The molecule has 0 saturated heterocycles. The molecule has 0 atom stereocenters. The van der Waals surface area contributed by atoms with Gasteiger partial charge in [0.05, 0.1) is 6.21 Å². The Morgan fingerprint density at radius 2 is 1.59 bits per heavy atom. The lowest BCUT2D eigenvalue weighted by atomic mass is 10.2. The maximum absolute atomic E-state index is 5.87. The maximum atomic E-state index is 5.87. The van der Waals surface area contributed by atoms with Crippen LogP contribution in [0.15, 0.2) is 90.0 Å². The zero-order valence-electron chi connectivity index (χ0n) is 14.3. The zero-order chi connectivity index (χ0) is 18.5. The summed E-state index contributed by atoms with van der Waals surface area (Å²) >= 11 is 5.31. The molecule has 0 radical (unpaired) electrons. The molecular formula is C21H16N4OS. The topological polar surface area (TPSA) is 55.2 Å². The Balaban J connectivity index is 1.60. The number of aromatic nitrogens is 3. The molecule has 6 heteroatoms. The monoisotopic (exact) mass is 372 g/mol. The molecule has 0 aliphatic heterocycles. The van der Waals surface area contributed by atoms with E-state index in [0.29, 0.717) is 10.6 Å². The number of benzene rings is 3. The van der Waals surface area contributed by atoms with E-state index in [1.807, 2.05) is 84.9 Å². The highest BCUT2D eigenvalue weighted by atomic mass is 32.1. The summed E-state index contributed by atoms with van der Waals surface area (Å²) in [6.45, 7) is 0. The zero-order valence-corrected chi connectivity index (χ0v) is 15.1. The molecule has 1 aromatic heterocycles. The molecule has 0 aliphatic rings. The van der Waals surface area contributed by atoms with Crippen molar-refractivity contribution in [1.29, 1.82) is 0 Å². The van der Waals surface area contributed by atoms with Gasteiger partial charge in [-0.05, 0) is 42.0 Å². The molecule has 27 heavy (non-hydrogen) atoms. The van der Waals surface area contributed by atoms with Crippen molar-refractivity contribution in [1.82, 2.24) is 14.9 Å². The van der Waals surface area contributed by atoms with Crippen LogP contribution in [0.25, 0.3) is 11.4 Å². The van der Waals surface area contributed by atoms with Gasteiger partial charge in [-0.25, -0.2) is 5.10 Å². The quantitative estimate of drug-likeness (QED) is 0.383. The number of ether oxygens (including phenoxy) is 1. The predicted molar refractivity (Wildman–Crippen MR) is 109 cm³/mol.